The van der Waals surface area contributed by atoms with Crippen LogP contribution in [0.15, 0.2) is 0 Å². The Morgan fingerprint density at radius 1 is 1.12 bits per heavy atom. The second-order valence-electron chi connectivity index (χ2n) is 6.00. The highest BCUT2D eigenvalue weighted by Gasteiger charge is 2.20. The Labute approximate surface area is 101 Å². The van der Waals surface area contributed by atoms with Crippen molar-refractivity contribution in [1.82, 2.24) is 4.90 Å². The molecule has 0 rings (SSSR count). The van der Waals surface area contributed by atoms with Crippen molar-refractivity contribution in [2.24, 2.45) is 17.6 Å². The molecule has 0 bridgehead atoms. The first-order chi connectivity index (χ1) is 7.26. The molecule has 0 aliphatic carbocycles. The molecule has 3 nitrogen and oxygen atoms in total. The summed E-state index contributed by atoms with van der Waals surface area (Å²) < 4.78 is 0. The van der Waals surface area contributed by atoms with Gasteiger partial charge in [0.1, 0.15) is 0 Å². The number of nitrogens with zero attached hydrogens (tertiary/aromatic N) is 1. The van der Waals surface area contributed by atoms with Crippen LogP contribution in [0.25, 0.3) is 0 Å². The second-order valence-corrected chi connectivity index (χ2v) is 6.00. The summed E-state index contributed by atoms with van der Waals surface area (Å²) in [7, 11) is 0. The van der Waals surface area contributed by atoms with Crippen molar-refractivity contribution in [3.05, 3.63) is 0 Å². The van der Waals surface area contributed by atoms with E-state index in [-0.39, 0.29) is 0 Å². The first kappa shape index (κ1) is 15.9. The van der Waals surface area contributed by atoms with Gasteiger partial charge in [0.25, 0.3) is 0 Å². The lowest BCUT2D eigenvalue weighted by Crippen LogP contribution is -2.40. The highest BCUT2D eigenvalue weighted by Crippen LogP contribution is 2.11. The lowest BCUT2D eigenvalue weighted by molar-refractivity contribution is 0.0446. The molecule has 0 heterocycles. The van der Waals surface area contributed by atoms with Crippen LogP contribution in [0, 0.1) is 11.8 Å². The minimum atomic E-state index is -0.716. The summed E-state index contributed by atoms with van der Waals surface area (Å²) in [5, 5.41) is 9.89. The molecule has 0 aliphatic heterocycles. The zero-order chi connectivity index (χ0) is 12.8. The molecule has 98 valence electrons. The average Bonchev–Trinajstić information content (AvgIpc) is 2.13. The fourth-order valence-electron chi connectivity index (χ4n) is 1.79. The number of nitrogens with two attached hydrogens (primary N) is 1. The van der Waals surface area contributed by atoms with Gasteiger partial charge in [0, 0.05) is 26.2 Å². The van der Waals surface area contributed by atoms with Gasteiger partial charge in [-0.25, -0.2) is 0 Å². The number of rotatable bonds is 8. The molecule has 3 heteroatoms. The van der Waals surface area contributed by atoms with E-state index in [1.54, 1.807) is 0 Å². The molecule has 1 atom stereocenters. The van der Waals surface area contributed by atoms with Crippen molar-refractivity contribution < 1.29 is 5.11 Å². The Balaban J connectivity index is 4.10. The highest BCUT2D eigenvalue weighted by molar-refractivity contribution is 4.76. The maximum Gasteiger partial charge on any atom is 0.0753 e. The summed E-state index contributed by atoms with van der Waals surface area (Å²) in [6, 6.07) is 0. The summed E-state index contributed by atoms with van der Waals surface area (Å²) >= 11 is 0. The third-order valence-electron chi connectivity index (χ3n) is 2.65. The first-order valence-corrected chi connectivity index (χ1v) is 6.41. The van der Waals surface area contributed by atoms with Crippen molar-refractivity contribution in [1.29, 1.82) is 0 Å². The van der Waals surface area contributed by atoms with E-state index in [0.717, 1.165) is 26.1 Å². The molecule has 0 fully saturated rings. The van der Waals surface area contributed by atoms with Gasteiger partial charge in [-0.3, -0.25) is 0 Å². The van der Waals surface area contributed by atoms with E-state index in [0.29, 0.717) is 18.4 Å². The smallest absolute Gasteiger partial charge is 0.0753 e. The fraction of sp³-hybridized carbons (Fsp3) is 1.00. The van der Waals surface area contributed by atoms with Crippen LogP contribution >= 0.6 is 0 Å². The van der Waals surface area contributed by atoms with E-state index in [4.69, 9.17) is 5.73 Å². The molecule has 0 aromatic heterocycles. The fourth-order valence-corrected chi connectivity index (χ4v) is 1.79. The topological polar surface area (TPSA) is 49.5 Å². The van der Waals surface area contributed by atoms with Gasteiger partial charge in [-0.15, -0.1) is 0 Å². The monoisotopic (exact) mass is 230 g/mol. The van der Waals surface area contributed by atoms with Crippen LogP contribution in [0.1, 0.15) is 41.0 Å². The van der Waals surface area contributed by atoms with Crippen molar-refractivity contribution in [2.75, 3.05) is 26.2 Å². The minimum Gasteiger partial charge on any atom is -0.389 e. The third-order valence-corrected chi connectivity index (χ3v) is 2.65. The van der Waals surface area contributed by atoms with Crippen LogP contribution in [0.2, 0.25) is 0 Å². The second kappa shape index (κ2) is 7.25. The van der Waals surface area contributed by atoms with Gasteiger partial charge < -0.3 is 15.7 Å². The van der Waals surface area contributed by atoms with E-state index in [2.05, 4.69) is 32.6 Å². The van der Waals surface area contributed by atoms with Gasteiger partial charge >= 0.3 is 0 Å². The molecule has 0 aromatic carbocycles. The van der Waals surface area contributed by atoms with Crippen molar-refractivity contribution in [2.45, 2.75) is 46.6 Å². The zero-order valence-electron chi connectivity index (χ0n) is 11.7. The molecule has 0 aromatic rings. The van der Waals surface area contributed by atoms with Gasteiger partial charge in [-0.05, 0) is 25.2 Å². The minimum absolute atomic E-state index is 0.337. The van der Waals surface area contributed by atoms with Crippen molar-refractivity contribution in [3.8, 4) is 0 Å². The number of hydrogen-bond acceptors (Lipinski definition) is 3. The summed E-state index contributed by atoms with van der Waals surface area (Å²) in [5.41, 5.74) is 4.81. The van der Waals surface area contributed by atoms with E-state index in [1.165, 1.54) is 0 Å². The first-order valence-electron chi connectivity index (χ1n) is 6.41. The molecule has 0 amide bonds. The summed E-state index contributed by atoms with van der Waals surface area (Å²) in [4.78, 5) is 2.43. The van der Waals surface area contributed by atoms with Crippen LogP contribution < -0.4 is 5.73 Å². The van der Waals surface area contributed by atoms with Gasteiger partial charge in [0.2, 0.25) is 0 Å². The summed E-state index contributed by atoms with van der Waals surface area (Å²) in [6.07, 6.45) is 0.753. The Hall–Kier alpha value is -0.120. The molecule has 3 N–H and O–H groups in total. The standard InChI is InChI=1S/C13H30N2O/c1-11(2)8-15(9-12(3)4)7-6-13(5,16)10-14/h11-12,16H,6-10,14H2,1-5H3. The summed E-state index contributed by atoms with van der Waals surface area (Å²) in [5.74, 6) is 1.34. The normalized spacial score (nSPS) is 16.1. The average molecular weight is 230 g/mol. The molecule has 0 aliphatic rings. The van der Waals surface area contributed by atoms with Gasteiger partial charge in [-0.2, -0.15) is 0 Å². The van der Waals surface area contributed by atoms with Gasteiger partial charge in [-0.1, -0.05) is 27.7 Å². The molecule has 0 saturated carbocycles. The van der Waals surface area contributed by atoms with Gasteiger partial charge in [0.05, 0.1) is 5.60 Å². The van der Waals surface area contributed by atoms with Crippen LogP contribution in [-0.2, 0) is 0 Å². The lowest BCUT2D eigenvalue weighted by atomic mass is 10.0. The number of aliphatic hydroxyl groups is 1. The van der Waals surface area contributed by atoms with Crippen LogP contribution in [-0.4, -0.2) is 41.8 Å². The zero-order valence-corrected chi connectivity index (χ0v) is 11.7. The molecular weight excluding hydrogens is 200 g/mol. The lowest BCUT2D eigenvalue weighted by Gasteiger charge is -2.29. The SMILES string of the molecule is CC(C)CN(CCC(C)(O)CN)CC(C)C. The summed E-state index contributed by atoms with van der Waals surface area (Å²) in [6.45, 7) is 14.2. The molecule has 0 radical (unpaired) electrons. The number of hydrogen-bond donors (Lipinski definition) is 2. The highest BCUT2D eigenvalue weighted by atomic mass is 16.3. The van der Waals surface area contributed by atoms with E-state index in [1.807, 2.05) is 6.92 Å². The van der Waals surface area contributed by atoms with Gasteiger partial charge in [0.15, 0.2) is 0 Å². The Morgan fingerprint density at radius 2 is 1.56 bits per heavy atom. The largest absolute Gasteiger partial charge is 0.389 e. The van der Waals surface area contributed by atoms with Crippen molar-refractivity contribution in [3.63, 3.8) is 0 Å². The molecule has 16 heavy (non-hydrogen) atoms. The predicted octanol–water partition coefficient (Wildman–Crippen LogP) is 1.70. The third kappa shape index (κ3) is 8.08. The van der Waals surface area contributed by atoms with E-state index < -0.39 is 5.60 Å². The Bertz CT molecular complexity index is 169. The van der Waals surface area contributed by atoms with Crippen molar-refractivity contribution >= 4 is 0 Å². The predicted molar refractivity (Wildman–Crippen MR) is 70.4 cm³/mol. The van der Waals surface area contributed by atoms with Crippen LogP contribution in [0.5, 0.6) is 0 Å². The van der Waals surface area contributed by atoms with E-state index >= 15 is 0 Å². The van der Waals surface area contributed by atoms with Crippen LogP contribution in [0.4, 0.5) is 0 Å². The maximum absolute atomic E-state index is 9.89. The Morgan fingerprint density at radius 3 is 1.88 bits per heavy atom. The quantitative estimate of drug-likeness (QED) is 0.667. The maximum atomic E-state index is 9.89. The van der Waals surface area contributed by atoms with Crippen LogP contribution in [0.3, 0.4) is 0 Å². The molecule has 0 spiro atoms. The van der Waals surface area contributed by atoms with E-state index in [9.17, 15) is 5.11 Å². The molecular formula is C13H30N2O. The Kier molecular flexibility index (Phi) is 7.20. The molecule has 0 saturated heterocycles. The molecule has 1 unspecified atom stereocenters.